The van der Waals surface area contributed by atoms with Crippen LogP contribution in [0.1, 0.15) is 30.4 Å². The van der Waals surface area contributed by atoms with Gasteiger partial charge in [-0.15, -0.1) is 0 Å². The van der Waals surface area contributed by atoms with E-state index in [0.717, 1.165) is 35.8 Å². The van der Waals surface area contributed by atoms with Crippen LogP contribution in [-0.2, 0) is 27.9 Å². The minimum atomic E-state index is -3.60. The van der Waals surface area contributed by atoms with Crippen molar-refractivity contribution in [2.45, 2.75) is 38.5 Å². The summed E-state index contributed by atoms with van der Waals surface area (Å²) in [6.45, 7) is 3.49. The van der Waals surface area contributed by atoms with E-state index in [1.165, 1.54) is 30.9 Å². The van der Waals surface area contributed by atoms with Crippen LogP contribution in [0.2, 0.25) is 5.02 Å². The summed E-state index contributed by atoms with van der Waals surface area (Å²) >= 11 is 6.02. The van der Waals surface area contributed by atoms with Crippen LogP contribution in [0, 0.1) is 0 Å². The number of ether oxygens (including phenoxy) is 1. The molecule has 0 unspecified atom stereocenters. The first-order chi connectivity index (χ1) is 15.3. The summed E-state index contributed by atoms with van der Waals surface area (Å²) in [5.41, 5.74) is 2.58. The molecule has 0 bridgehead atoms. The number of anilines is 1. The van der Waals surface area contributed by atoms with Crippen LogP contribution in [0.5, 0.6) is 5.75 Å². The highest BCUT2D eigenvalue weighted by Gasteiger charge is 2.35. The van der Waals surface area contributed by atoms with Crippen molar-refractivity contribution >= 4 is 33.2 Å². The molecule has 2 aromatic carbocycles. The molecule has 2 aromatic rings. The predicted octanol–water partition coefficient (Wildman–Crippen LogP) is 3.17. The number of likely N-dealkylation sites (tertiary alicyclic amines) is 1. The number of carbonyl (C=O) groups is 1. The standard InChI is InChI=1S/C23H28ClN3O4S/c1-32(29,30)27-16-22(31-21-10-9-19(24)13-20(21)27)23(28)25-14-17-5-7-18(8-6-17)15-26-11-3-2-4-12-26/h5-10,13,22H,2-4,11-12,14-16H2,1H3,(H,25,28)/t22-/m1/s1. The minimum Gasteiger partial charge on any atom is -0.476 e. The fourth-order valence-corrected chi connectivity index (χ4v) is 5.19. The highest BCUT2D eigenvalue weighted by Crippen LogP contribution is 2.37. The summed E-state index contributed by atoms with van der Waals surface area (Å²) in [7, 11) is -3.60. The van der Waals surface area contributed by atoms with Gasteiger partial charge in [0.05, 0.1) is 18.5 Å². The molecule has 4 rings (SSSR count). The lowest BCUT2D eigenvalue weighted by molar-refractivity contribution is -0.127. The fourth-order valence-electron chi connectivity index (χ4n) is 4.12. The van der Waals surface area contributed by atoms with Crippen molar-refractivity contribution in [2.24, 2.45) is 0 Å². The van der Waals surface area contributed by atoms with Crippen LogP contribution in [0.3, 0.4) is 0 Å². The number of fused-ring (bicyclic) bond motifs is 1. The molecule has 1 atom stereocenters. The van der Waals surface area contributed by atoms with Crippen LogP contribution in [0.4, 0.5) is 5.69 Å². The van der Waals surface area contributed by atoms with Gasteiger partial charge >= 0.3 is 0 Å². The Morgan fingerprint density at radius 1 is 1.09 bits per heavy atom. The van der Waals surface area contributed by atoms with Gasteiger partial charge in [-0.2, -0.15) is 0 Å². The van der Waals surface area contributed by atoms with Gasteiger partial charge in [-0.3, -0.25) is 14.0 Å². The molecule has 0 radical (unpaired) electrons. The number of halogens is 1. The largest absolute Gasteiger partial charge is 0.476 e. The van der Waals surface area contributed by atoms with Crippen molar-refractivity contribution in [1.29, 1.82) is 0 Å². The van der Waals surface area contributed by atoms with E-state index >= 15 is 0 Å². The molecule has 2 aliphatic heterocycles. The third kappa shape index (κ3) is 5.54. The summed E-state index contributed by atoms with van der Waals surface area (Å²) in [5.74, 6) is -0.0510. The van der Waals surface area contributed by atoms with Crippen molar-refractivity contribution in [3.63, 3.8) is 0 Å². The average molecular weight is 478 g/mol. The minimum absolute atomic E-state index is 0.104. The smallest absolute Gasteiger partial charge is 0.263 e. The van der Waals surface area contributed by atoms with Gasteiger partial charge in [0.25, 0.3) is 5.91 Å². The third-order valence-corrected chi connectivity index (χ3v) is 7.21. The van der Waals surface area contributed by atoms with Gasteiger partial charge in [-0.05, 0) is 55.3 Å². The first-order valence-corrected chi connectivity index (χ1v) is 13.0. The van der Waals surface area contributed by atoms with E-state index in [-0.39, 0.29) is 12.5 Å². The molecule has 0 spiro atoms. The topological polar surface area (TPSA) is 79.0 Å². The maximum atomic E-state index is 12.8. The molecule has 0 aromatic heterocycles. The van der Waals surface area contributed by atoms with Crippen molar-refractivity contribution in [2.75, 3.05) is 30.2 Å². The molecular weight excluding hydrogens is 450 g/mol. The number of rotatable bonds is 6. The summed E-state index contributed by atoms with van der Waals surface area (Å²) in [6, 6.07) is 12.9. The second-order valence-corrected chi connectivity index (χ2v) is 10.7. The number of benzene rings is 2. The van der Waals surface area contributed by atoms with Gasteiger partial charge in [-0.25, -0.2) is 8.42 Å². The Hall–Kier alpha value is -2.29. The Bertz CT molecular complexity index is 1070. The van der Waals surface area contributed by atoms with E-state index in [9.17, 15) is 13.2 Å². The second kappa shape index (κ2) is 9.68. The number of nitrogens with zero attached hydrogens (tertiary/aromatic N) is 2. The lowest BCUT2D eigenvalue weighted by Gasteiger charge is -2.34. The van der Waals surface area contributed by atoms with Gasteiger partial charge in [0, 0.05) is 18.1 Å². The number of piperidine rings is 1. The first kappa shape index (κ1) is 22.9. The number of sulfonamides is 1. The zero-order valence-corrected chi connectivity index (χ0v) is 19.7. The van der Waals surface area contributed by atoms with E-state index in [1.54, 1.807) is 12.1 Å². The van der Waals surface area contributed by atoms with E-state index in [2.05, 4.69) is 22.3 Å². The average Bonchev–Trinajstić information content (AvgIpc) is 2.77. The van der Waals surface area contributed by atoms with E-state index in [1.807, 2.05) is 12.1 Å². The van der Waals surface area contributed by atoms with Crippen molar-refractivity contribution < 1.29 is 17.9 Å². The second-order valence-electron chi connectivity index (χ2n) is 8.38. The Morgan fingerprint density at radius 2 is 1.78 bits per heavy atom. The van der Waals surface area contributed by atoms with Crippen molar-refractivity contribution in [3.8, 4) is 5.75 Å². The molecule has 0 aliphatic carbocycles. The van der Waals surface area contributed by atoms with Crippen LogP contribution >= 0.6 is 11.6 Å². The van der Waals surface area contributed by atoms with Gasteiger partial charge < -0.3 is 10.1 Å². The lowest BCUT2D eigenvalue weighted by atomic mass is 10.1. The molecule has 9 heteroatoms. The monoisotopic (exact) mass is 477 g/mol. The molecule has 1 fully saturated rings. The van der Waals surface area contributed by atoms with Crippen molar-refractivity contribution in [1.82, 2.24) is 10.2 Å². The Labute approximate surface area is 194 Å². The van der Waals surface area contributed by atoms with E-state index in [4.69, 9.17) is 16.3 Å². The number of carbonyl (C=O) groups excluding carboxylic acids is 1. The maximum absolute atomic E-state index is 12.8. The van der Waals surface area contributed by atoms with E-state index < -0.39 is 16.1 Å². The Balaban J connectivity index is 1.37. The fraction of sp³-hybridized carbons (Fsp3) is 0.435. The Morgan fingerprint density at radius 3 is 2.47 bits per heavy atom. The van der Waals surface area contributed by atoms with Gasteiger partial charge in [0.1, 0.15) is 5.75 Å². The van der Waals surface area contributed by atoms with Crippen LogP contribution < -0.4 is 14.4 Å². The molecule has 1 N–H and O–H groups in total. The van der Waals surface area contributed by atoms with E-state index in [0.29, 0.717) is 23.0 Å². The molecule has 7 nitrogen and oxygen atoms in total. The Kier molecular flexibility index (Phi) is 6.93. The zero-order chi connectivity index (χ0) is 22.7. The predicted molar refractivity (Wildman–Crippen MR) is 125 cm³/mol. The maximum Gasteiger partial charge on any atom is 0.263 e. The number of hydrogen-bond acceptors (Lipinski definition) is 5. The molecule has 32 heavy (non-hydrogen) atoms. The molecule has 0 saturated carbocycles. The lowest BCUT2D eigenvalue weighted by Crippen LogP contribution is -2.50. The zero-order valence-electron chi connectivity index (χ0n) is 18.1. The summed E-state index contributed by atoms with van der Waals surface area (Å²) in [6.07, 6.45) is 4.00. The number of nitrogens with one attached hydrogen (secondary N) is 1. The first-order valence-electron chi connectivity index (χ1n) is 10.8. The van der Waals surface area contributed by atoms with Gasteiger partial charge in [0.15, 0.2) is 6.10 Å². The summed E-state index contributed by atoms with van der Waals surface area (Å²) in [4.78, 5) is 15.2. The molecule has 172 valence electrons. The van der Waals surface area contributed by atoms with Crippen LogP contribution in [0.25, 0.3) is 0 Å². The number of amides is 1. The summed E-state index contributed by atoms with van der Waals surface area (Å²) in [5, 5.41) is 3.26. The molecule has 2 aliphatic rings. The number of hydrogen-bond donors (Lipinski definition) is 1. The molecule has 1 saturated heterocycles. The van der Waals surface area contributed by atoms with Gasteiger partial charge in [0.2, 0.25) is 10.0 Å². The van der Waals surface area contributed by atoms with Crippen LogP contribution in [-0.4, -0.2) is 51.2 Å². The summed E-state index contributed by atoms with van der Waals surface area (Å²) < 4.78 is 31.5. The normalized spacial score (nSPS) is 19.2. The molecular formula is C23H28ClN3O4S. The highest BCUT2D eigenvalue weighted by atomic mass is 35.5. The highest BCUT2D eigenvalue weighted by molar-refractivity contribution is 7.92. The molecule has 2 heterocycles. The van der Waals surface area contributed by atoms with Crippen LogP contribution in [0.15, 0.2) is 42.5 Å². The SMILES string of the molecule is CS(=O)(=O)N1C[C@H](C(=O)NCc2ccc(CN3CCCCC3)cc2)Oc2ccc(Cl)cc21. The van der Waals surface area contributed by atoms with Gasteiger partial charge in [-0.1, -0.05) is 42.3 Å². The third-order valence-electron chi connectivity index (χ3n) is 5.83. The van der Waals surface area contributed by atoms with Crippen molar-refractivity contribution in [3.05, 3.63) is 58.6 Å². The quantitative estimate of drug-likeness (QED) is 0.691. The molecule has 1 amide bonds.